The van der Waals surface area contributed by atoms with E-state index in [2.05, 4.69) is 4.98 Å². The van der Waals surface area contributed by atoms with Crippen molar-refractivity contribution in [1.82, 2.24) is 4.98 Å². The van der Waals surface area contributed by atoms with Crippen LogP contribution in [0.3, 0.4) is 0 Å². The van der Waals surface area contributed by atoms with Gasteiger partial charge < -0.3 is 24.1 Å². The average molecular weight is 547 g/mol. The van der Waals surface area contributed by atoms with Crippen LogP contribution >= 0.6 is 11.3 Å². The molecule has 1 amide bonds. The van der Waals surface area contributed by atoms with Gasteiger partial charge in [0.15, 0.2) is 16.6 Å². The van der Waals surface area contributed by atoms with Crippen LogP contribution in [0.4, 0.5) is 5.13 Å². The Morgan fingerprint density at radius 3 is 2.46 bits per heavy atom. The molecule has 200 valence electrons. The average Bonchev–Trinajstić information content (AvgIpc) is 3.49. The van der Waals surface area contributed by atoms with E-state index in [4.69, 9.17) is 18.9 Å². The van der Waals surface area contributed by atoms with Crippen LogP contribution in [0.1, 0.15) is 24.1 Å². The molecular formula is C29H26N2O7S. The highest BCUT2D eigenvalue weighted by Gasteiger charge is 2.48. The number of aromatic nitrogens is 1. The maximum absolute atomic E-state index is 13.6. The number of methoxy groups -OCH3 is 3. The van der Waals surface area contributed by atoms with Gasteiger partial charge in [-0.3, -0.25) is 14.5 Å². The molecule has 3 aromatic carbocycles. The summed E-state index contributed by atoms with van der Waals surface area (Å²) in [5.41, 5.74) is 1.45. The summed E-state index contributed by atoms with van der Waals surface area (Å²) < 4.78 is 22.6. The molecular weight excluding hydrogens is 520 g/mol. The lowest BCUT2D eigenvalue weighted by molar-refractivity contribution is -0.132. The van der Waals surface area contributed by atoms with Crippen molar-refractivity contribution >= 4 is 44.1 Å². The second-order valence-corrected chi connectivity index (χ2v) is 9.58. The molecule has 9 nitrogen and oxygen atoms in total. The molecule has 1 aromatic heterocycles. The SMILES string of the molecule is CCOc1ccc2nc(N3C(=O)C(=O)/C(=C(/O)c4cccc(OC)c4)C3c3ccc(OC)c(OC)c3)sc2c1. The van der Waals surface area contributed by atoms with E-state index in [9.17, 15) is 14.7 Å². The number of thiazole rings is 1. The molecule has 1 unspecified atom stereocenters. The lowest BCUT2D eigenvalue weighted by Gasteiger charge is -2.23. The smallest absolute Gasteiger partial charge is 0.301 e. The first-order valence-corrected chi connectivity index (χ1v) is 12.9. The molecule has 4 aromatic rings. The number of ketones is 1. The number of carbonyl (C=O) groups is 2. The molecule has 0 saturated carbocycles. The van der Waals surface area contributed by atoms with E-state index < -0.39 is 17.7 Å². The van der Waals surface area contributed by atoms with Crippen LogP contribution in [0.15, 0.2) is 66.2 Å². The summed E-state index contributed by atoms with van der Waals surface area (Å²) in [5.74, 6) is 0.105. The number of Topliss-reactive ketones (excluding diaryl/α,β-unsaturated/α-hetero) is 1. The van der Waals surface area contributed by atoms with Gasteiger partial charge in [-0.05, 0) is 55.0 Å². The number of aliphatic hydroxyl groups excluding tert-OH is 1. The first-order chi connectivity index (χ1) is 18.9. The Kier molecular flexibility index (Phi) is 7.12. The molecule has 39 heavy (non-hydrogen) atoms. The van der Waals surface area contributed by atoms with Gasteiger partial charge in [0.05, 0.1) is 49.8 Å². The molecule has 1 aliphatic heterocycles. The molecule has 0 spiro atoms. The molecule has 0 radical (unpaired) electrons. The van der Waals surface area contributed by atoms with E-state index in [1.54, 1.807) is 54.6 Å². The molecule has 1 atom stereocenters. The largest absolute Gasteiger partial charge is 0.507 e. The monoisotopic (exact) mass is 546 g/mol. The predicted molar refractivity (Wildman–Crippen MR) is 148 cm³/mol. The number of hydrogen-bond acceptors (Lipinski definition) is 9. The number of ether oxygens (including phenoxy) is 4. The summed E-state index contributed by atoms with van der Waals surface area (Å²) in [4.78, 5) is 33.1. The van der Waals surface area contributed by atoms with Crippen molar-refractivity contribution in [3.63, 3.8) is 0 Å². The molecule has 0 aliphatic carbocycles. The van der Waals surface area contributed by atoms with Crippen molar-refractivity contribution in [2.75, 3.05) is 32.8 Å². The number of amides is 1. The van der Waals surface area contributed by atoms with Crippen LogP contribution in [-0.4, -0.2) is 49.7 Å². The second-order valence-electron chi connectivity index (χ2n) is 8.57. The van der Waals surface area contributed by atoms with Crippen molar-refractivity contribution in [3.05, 3.63) is 77.4 Å². The highest BCUT2D eigenvalue weighted by molar-refractivity contribution is 7.22. The van der Waals surface area contributed by atoms with Crippen molar-refractivity contribution in [2.24, 2.45) is 0 Å². The van der Waals surface area contributed by atoms with Gasteiger partial charge in [0, 0.05) is 5.56 Å². The fourth-order valence-corrected chi connectivity index (χ4v) is 5.57. The van der Waals surface area contributed by atoms with Crippen molar-refractivity contribution < 1.29 is 33.6 Å². The first kappa shape index (κ1) is 26.1. The van der Waals surface area contributed by atoms with E-state index in [-0.39, 0.29) is 11.3 Å². The minimum atomic E-state index is -0.983. The van der Waals surface area contributed by atoms with Crippen LogP contribution in [0.25, 0.3) is 16.0 Å². The molecule has 1 fully saturated rings. The van der Waals surface area contributed by atoms with Crippen molar-refractivity contribution in [3.8, 4) is 23.0 Å². The Balaban J connectivity index is 1.72. The van der Waals surface area contributed by atoms with Gasteiger partial charge >= 0.3 is 5.91 Å². The molecule has 0 bridgehead atoms. The first-order valence-electron chi connectivity index (χ1n) is 12.1. The molecule has 1 aliphatic rings. The van der Waals surface area contributed by atoms with Gasteiger partial charge in [-0.15, -0.1) is 0 Å². The topological polar surface area (TPSA) is 107 Å². The van der Waals surface area contributed by atoms with E-state index in [1.807, 2.05) is 13.0 Å². The summed E-state index contributed by atoms with van der Waals surface area (Å²) >= 11 is 1.25. The Bertz CT molecular complexity index is 1610. The maximum Gasteiger partial charge on any atom is 0.301 e. The minimum absolute atomic E-state index is 0.0743. The zero-order valence-electron chi connectivity index (χ0n) is 21.8. The van der Waals surface area contributed by atoms with Crippen LogP contribution in [0.2, 0.25) is 0 Å². The molecule has 1 saturated heterocycles. The quantitative estimate of drug-likeness (QED) is 0.179. The van der Waals surface area contributed by atoms with Crippen LogP contribution in [0.5, 0.6) is 23.0 Å². The van der Waals surface area contributed by atoms with E-state index in [0.29, 0.717) is 51.4 Å². The van der Waals surface area contributed by atoms with E-state index >= 15 is 0 Å². The van der Waals surface area contributed by atoms with Gasteiger partial charge in [0.1, 0.15) is 17.3 Å². The Morgan fingerprint density at radius 1 is 0.949 bits per heavy atom. The molecule has 10 heteroatoms. The van der Waals surface area contributed by atoms with Crippen molar-refractivity contribution in [2.45, 2.75) is 13.0 Å². The van der Waals surface area contributed by atoms with Gasteiger partial charge in [0.25, 0.3) is 5.78 Å². The molecule has 1 N–H and O–H groups in total. The van der Waals surface area contributed by atoms with Crippen LogP contribution < -0.4 is 23.8 Å². The standard InChI is InChI=1S/C29H26N2O7S/c1-5-38-19-10-11-20-23(15-19)39-29(30-20)31-25(16-9-12-21(36-3)22(14-16)37-4)24(27(33)28(31)34)26(32)17-7-6-8-18(13-17)35-2/h6-15,25,32H,5H2,1-4H3/b26-24+. The Morgan fingerprint density at radius 2 is 1.74 bits per heavy atom. The fraction of sp³-hybridized carbons (Fsp3) is 0.207. The normalized spacial score (nSPS) is 16.5. The summed E-state index contributed by atoms with van der Waals surface area (Å²) in [6.07, 6.45) is 0. The number of aliphatic hydroxyl groups is 1. The van der Waals surface area contributed by atoms with Crippen LogP contribution in [0, 0.1) is 0 Å². The van der Waals surface area contributed by atoms with Gasteiger partial charge in [-0.1, -0.05) is 29.5 Å². The highest BCUT2D eigenvalue weighted by Crippen LogP contribution is 2.46. The third-order valence-electron chi connectivity index (χ3n) is 6.38. The fourth-order valence-electron chi connectivity index (χ4n) is 4.55. The summed E-state index contributed by atoms with van der Waals surface area (Å²) in [5, 5.41) is 11.7. The number of rotatable bonds is 8. The molecule has 5 rings (SSSR count). The van der Waals surface area contributed by atoms with Crippen LogP contribution in [-0.2, 0) is 9.59 Å². The lowest BCUT2D eigenvalue weighted by atomic mass is 9.95. The van der Waals surface area contributed by atoms with Gasteiger partial charge in [-0.25, -0.2) is 4.98 Å². The summed E-state index contributed by atoms with van der Waals surface area (Å²) in [6, 6.07) is 16.2. The third kappa shape index (κ3) is 4.63. The lowest BCUT2D eigenvalue weighted by Crippen LogP contribution is -2.29. The number of benzene rings is 3. The van der Waals surface area contributed by atoms with E-state index in [0.717, 1.165) is 4.70 Å². The molecule has 2 heterocycles. The summed E-state index contributed by atoms with van der Waals surface area (Å²) in [7, 11) is 4.52. The Labute approximate surface area is 228 Å². The number of hydrogen-bond donors (Lipinski definition) is 1. The van der Waals surface area contributed by atoms with Crippen molar-refractivity contribution in [1.29, 1.82) is 0 Å². The zero-order chi connectivity index (χ0) is 27.7. The number of anilines is 1. The highest BCUT2D eigenvalue weighted by atomic mass is 32.1. The second kappa shape index (κ2) is 10.7. The number of carbonyl (C=O) groups excluding carboxylic acids is 2. The third-order valence-corrected chi connectivity index (χ3v) is 7.39. The van der Waals surface area contributed by atoms with Gasteiger partial charge in [-0.2, -0.15) is 0 Å². The number of nitrogens with zero attached hydrogens (tertiary/aromatic N) is 2. The minimum Gasteiger partial charge on any atom is -0.507 e. The number of fused-ring (bicyclic) bond motifs is 1. The Hall–Kier alpha value is -4.57. The van der Waals surface area contributed by atoms with E-state index in [1.165, 1.54) is 37.6 Å². The zero-order valence-corrected chi connectivity index (χ0v) is 22.6. The summed E-state index contributed by atoms with van der Waals surface area (Å²) in [6.45, 7) is 2.41. The van der Waals surface area contributed by atoms with Gasteiger partial charge in [0.2, 0.25) is 0 Å². The maximum atomic E-state index is 13.6. The predicted octanol–water partition coefficient (Wildman–Crippen LogP) is 5.35.